The molecule has 1 amide bonds. The zero-order chi connectivity index (χ0) is 14.4. The fourth-order valence-electron chi connectivity index (χ4n) is 1.89. The third kappa shape index (κ3) is 5.36. The van der Waals surface area contributed by atoms with Crippen molar-refractivity contribution in [2.45, 2.75) is 25.4 Å². The minimum Gasteiger partial charge on any atom is -0.354 e. The molecule has 0 saturated heterocycles. The zero-order valence-corrected chi connectivity index (χ0v) is 11.7. The predicted molar refractivity (Wildman–Crippen MR) is 74.1 cm³/mol. The van der Waals surface area contributed by atoms with Crippen molar-refractivity contribution in [3.8, 4) is 0 Å². The van der Waals surface area contributed by atoms with Gasteiger partial charge in [0.15, 0.2) is 0 Å². The Bertz CT molecular complexity index is 421. The summed E-state index contributed by atoms with van der Waals surface area (Å²) in [5, 5.41) is 2.83. The molecule has 4 nitrogen and oxygen atoms in total. The van der Waals surface area contributed by atoms with E-state index in [1.165, 1.54) is 12.1 Å². The Labute approximate surface area is 113 Å². The number of hydrogen-bond donors (Lipinski definition) is 2. The van der Waals surface area contributed by atoms with E-state index in [4.69, 9.17) is 5.73 Å². The molecule has 1 aromatic carbocycles. The van der Waals surface area contributed by atoms with Crippen molar-refractivity contribution in [1.82, 2.24) is 10.2 Å². The molecule has 2 atom stereocenters. The van der Waals surface area contributed by atoms with Crippen molar-refractivity contribution in [2.24, 2.45) is 5.73 Å². The standard InChI is InChI=1S/C14H22FN3O/c1-10(16)7-14(19)17-9-13(18(2)3)11-5-4-6-12(15)8-11/h4-6,8,10,13H,7,9,16H2,1-3H3,(H,17,19). The van der Waals surface area contributed by atoms with Crippen molar-refractivity contribution in [1.29, 1.82) is 0 Å². The molecular formula is C14H22FN3O. The van der Waals surface area contributed by atoms with Gasteiger partial charge < -0.3 is 16.0 Å². The van der Waals surface area contributed by atoms with E-state index < -0.39 is 0 Å². The number of carbonyl (C=O) groups is 1. The minimum absolute atomic E-state index is 0.0623. The molecular weight excluding hydrogens is 245 g/mol. The second-order valence-electron chi connectivity index (χ2n) is 5.02. The van der Waals surface area contributed by atoms with E-state index in [9.17, 15) is 9.18 Å². The number of amides is 1. The molecule has 0 bridgehead atoms. The van der Waals surface area contributed by atoms with Crippen LogP contribution in [-0.4, -0.2) is 37.5 Å². The van der Waals surface area contributed by atoms with Gasteiger partial charge in [-0.1, -0.05) is 12.1 Å². The quantitative estimate of drug-likeness (QED) is 0.816. The lowest BCUT2D eigenvalue weighted by molar-refractivity contribution is -0.121. The second kappa shape index (κ2) is 7.21. The van der Waals surface area contributed by atoms with Gasteiger partial charge >= 0.3 is 0 Å². The second-order valence-corrected chi connectivity index (χ2v) is 5.02. The van der Waals surface area contributed by atoms with Crippen molar-refractivity contribution in [3.05, 3.63) is 35.6 Å². The minimum atomic E-state index is -0.272. The Kier molecular flexibility index (Phi) is 5.92. The Hall–Kier alpha value is -1.46. The molecule has 2 unspecified atom stereocenters. The number of carbonyl (C=O) groups excluding carboxylic acids is 1. The lowest BCUT2D eigenvalue weighted by Gasteiger charge is -2.25. The average molecular weight is 267 g/mol. The van der Waals surface area contributed by atoms with Crippen LogP contribution in [0.15, 0.2) is 24.3 Å². The zero-order valence-electron chi connectivity index (χ0n) is 11.7. The van der Waals surface area contributed by atoms with Gasteiger partial charge in [-0.15, -0.1) is 0 Å². The highest BCUT2D eigenvalue weighted by molar-refractivity contribution is 5.76. The van der Waals surface area contributed by atoms with Gasteiger partial charge in [0.25, 0.3) is 0 Å². The van der Waals surface area contributed by atoms with Crippen LogP contribution in [0.4, 0.5) is 4.39 Å². The van der Waals surface area contributed by atoms with Crippen molar-refractivity contribution >= 4 is 5.91 Å². The van der Waals surface area contributed by atoms with Crippen molar-refractivity contribution in [2.75, 3.05) is 20.6 Å². The van der Waals surface area contributed by atoms with Crippen LogP contribution in [0, 0.1) is 5.82 Å². The fourth-order valence-corrected chi connectivity index (χ4v) is 1.89. The van der Waals surface area contributed by atoms with Gasteiger partial charge in [0.05, 0.1) is 6.04 Å². The number of halogens is 1. The molecule has 0 fully saturated rings. The summed E-state index contributed by atoms with van der Waals surface area (Å²) in [6, 6.07) is 6.20. The van der Waals surface area contributed by atoms with Gasteiger partial charge in [-0.05, 0) is 38.7 Å². The Morgan fingerprint density at radius 2 is 2.16 bits per heavy atom. The monoisotopic (exact) mass is 267 g/mol. The van der Waals surface area contributed by atoms with Crippen LogP contribution < -0.4 is 11.1 Å². The molecule has 1 rings (SSSR count). The van der Waals surface area contributed by atoms with Crippen LogP contribution in [0.5, 0.6) is 0 Å². The number of rotatable bonds is 6. The Morgan fingerprint density at radius 3 is 2.68 bits per heavy atom. The first-order valence-electron chi connectivity index (χ1n) is 6.34. The maximum absolute atomic E-state index is 13.2. The lowest BCUT2D eigenvalue weighted by Crippen LogP contribution is -2.36. The maximum Gasteiger partial charge on any atom is 0.221 e. The normalized spacial score (nSPS) is 14.2. The predicted octanol–water partition coefficient (Wildman–Crippen LogP) is 1.28. The first kappa shape index (κ1) is 15.6. The van der Waals surface area contributed by atoms with Gasteiger partial charge in [0, 0.05) is 19.0 Å². The first-order chi connectivity index (χ1) is 8.90. The fraction of sp³-hybridized carbons (Fsp3) is 0.500. The number of benzene rings is 1. The van der Waals surface area contributed by atoms with Gasteiger partial charge in [-0.2, -0.15) is 0 Å². The molecule has 0 aliphatic heterocycles. The summed E-state index contributed by atoms with van der Waals surface area (Å²) in [4.78, 5) is 13.5. The molecule has 0 heterocycles. The van der Waals surface area contributed by atoms with Crippen LogP contribution in [0.25, 0.3) is 0 Å². The molecule has 5 heteroatoms. The molecule has 0 spiro atoms. The molecule has 0 aliphatic carbocycles. The average Bonchev–Trinajstić information content (AvgIpc) is 2.27. The molecule has 1 aromatic rings. The van der Waals surface area contributed by atoms with Gasteiger partial charge in [-0.3, -0.25) is 4.79 Å². The molecule has 0 radical (unpaired) electrons. The summed E-state index contributed by atoms with van der Waals surface area (Å²) < 4.78 is 13.2. The number of nitrogens with two attached hydrogens (primary N) is 1. The van der Waals surface area contributed by atoms with E-state index in [-0.39, 0.29) is 23.8 Å². The van der Waals surface area contributed by atoms with Crippen molar-refractivity contribution < 1.29 is 9.18 Å². The van der Waals surface area contributed by atoms with E-state index in [0.29, 0.717) is 13.0 Å². The van der Waals surface area contributed by atoms with Gasteiger partial charge in [0.1, 0.15) is 5.82 Å². The summed E-state index contributed by atoms with van der Waals surface area (Å²) >= 11 is 0. The van der Waals surface area contributed by atoms with Gasteiger partial charge in [0.2, 0.25) is 5.91 Å². The van der Waals surface area contributed by atoms with E-state index in [2.05, 4.69) is 5.32 Å². The summed E-state index contributed by atoms with van der Waals surface area (Å²) in [5.41, 5.74) is 6.41. The summed E-state index contributed by atoms with van der Waals surface area (Å²) in [6.07, 6.45) is 0.295. The first-order valence-corrected chi connectivity index (χ1v) is 6.34. The maximum atomic E-state index is 13.2. The van der Waals surface area contributed by atoms with Gasteiger partial charge in [-0.25, -0.2) is 4.39 Å². The van der Waals surface area contributed by atoms with Crippen LogP contribution >= 0.6 is 0 Å². The molecule has 0 saturated carbocycles. The lowest BCUT2D eigenvalue weighted by atomic mass is 10.1. The number of nitrogens with zero attached hydrogens (tertiary/aromatic N) is 1. The highest BCUT2D eigenvalue weighted by Crippen LogP contribution is 2.18. The SMILES string of the molecule is CC(N)CC(=O)NCC(c1cccc(F)c1)N(C)C. The highest BCUT2D eigenvalue weighted by atomic mass is 19.1. The van der Waals surface area contributed by atoms with E-state index in [0.717, 1.165) is 5.56 Å². The number of nitrogens with one attached hydrogen (secondary N) is 1. The largest absolute Gasteiger partial charge is 0.354 e. The molecule has 106 valence electrons. The Morgan fingerprint density at radius 1 is 1.47 bits per heavy atom. The summed E-state index contributed by atoms with van der Waals surface area (Å²) in [7, 11) is 3.79. The molecule has 0 aromatic heterocycles. The number of hydrogen-bond acceptors (Lipinski definition) is 3. The summed E-state index contributed by atoms with van der Waals surface area (Å²) in [5.74, 6) is -0.357. The molecule has 19 heavy (non-hydrogen) atoms. The molecule has 3 N–H and O–H groups in total. The summed E-state index contributed by atoms with van der Waals surface area (Å²) in [6.45, 7) is 2.22. The third-order valence-electron chi connectivity index (χ3n) is 2.86. The van der Waals surface area contributed by atoms with Crippen LogP contribution in [0.1, 0.15) is 24.9 Å². The Balaban J connectivity index is 2.66. The topological polar surface area (TPSA) is 58.4 Å². The van der Waals surface area contributed by atoms with Crippen LogP contribution in [-0.2, 0) is 4.79 Å². The highest BCUT2D eigenvalue weighted by Gasteiger charge is 2.16. The van der Waals surface area contributed by atoms with Crippen LogP contribution in [0.3, 0.4) is 0 Å². The van der Waals surface area contributed by atoms with E-state index >= 15 is 0 Å². The van der Waals surface area contributed by atoms with Crippen molar-refractivity contribution in [3.63, 3.8) is 0 Å². The van der Waals surface area contributed by atoms with E-state index in [1.54, 1.807) is 13.0 Å². The smallest absolute Gasteiger partial charge is 0.221 e. The van der Waals surface area contributed by atoms with E-state index in [1.807, 2.05) is 25.1 Å². The molecule has 0 aliphatic rings. The third-order valence-corrected chi connectivity index (χ3v) is 2.86. The number of likely N-dealkylation sites (N-methyl/N-ethyl adjacent to an activating group) is 1. The van der Waals surface area contributed by atoms with Crippen LogP contribution in [0.2, 0.25) is 0 Å².